The molecule has 0 aliphatic carbocycles. The predicted molar refractivity (Wildman–Crippen MR) is 69.1 cm³/mol. The highest BCUT2D eigenvalue weighted by atomic mass is 19.4. The summed E-state index contributed by atoms with van der Waals surface area (Å²) >= 11 is 0. The third kappa shape index (κ3) is 2.96. The van der Waals surface area contributed by atoms with Gasteiger partial charge in [-0.05, 0) is 6.07 Å². The SMILES string of the molecule is FC(F)(F)c1nc(-c2ccc(Bn3cccn3)cc2)no1. The zero-order chi connectivity index (χ0) is 14.9. The third-order valence-corrected chi connectivity index (χ3v) is 2.78. The summed E-state index contributed by atoms with van der Waals surface area (Å²) in [5.74, 6) is -1.44. The predicted octanol–water partition coefficient (Wildman–Crippen LogP) is 1.48. The average molecular weight is 292 g/mol. The van der Waals surface area contributed by atoms with Crippen LogP contribution in [0.2, 0.25) is 0 Å². The number of aromatic nitrogens is 4. The van der Waals surface area contributed by atoms with Crippen LogP contribution in [0.15, 0.2) is 47.2 Å². The van der Waals surface area contributed by atoms with Crippen LogP contribution in [0.25, 0.3) is 11.4 Å². The van der Waals surface area contributed by atoms with Gasteiger partial charge in [0, 0.05) is 18.0 Å². The van der Waals surface area contributed by atoms with Gasteiger partial charge in [-0.3, -0.25) is 0 Å². The van der Waals surface area contributed by atoms with Gasteiger partial charge in [-0.2, -0.15) is 23.3 Å². The molecule has 3 aromatic rings. The van der Waals surface area contributed by atoms with E-state index in [-0.39, 0.29) is 5.82 Å². The van der Waals surface area contributed by atoms with Gasteiger partial charge in [0.2, 0.25) is 5.82 Å². The van der Waals surface area contributed by atoms with Crippen molar-refractivity contribution in [2.75, 3.05) is 0 Å². The van der Waals surface area contributed by atoms with Crippen molar-refractivity contribution >= 4 is 12.9 Å². The highest BCUT2D eigenvalue weighted by molar-refractivity contribution is 6.51. The van der Waals surface area contributed by atoms with E-state index >= 15 is 0 Å². The lowest BCUT2D eigenvalue weighted by atomic mass is 9.83. The average Bonchev–Trinajstić information content (AvgIpc) is 3.09. The van der Waals surface area contributed by atoms with Crippen LogP contribution in [0.4, 0.5) is 13.2 Å². The first kappa shape index (κ1) is 13.4. The lowest BCUT2D eigenvalue weighted by Crippen LogP contribution is -2.22. The fraction of sp³-hybridized carbons (Fsp3) is 0.0833. The molecule has 0 unspecified atom stereocenters. The Hall–Kier alpha value is -2.58. The van der Waals surface area contributed by atoms with E-state index in [4.69, 9.17) is 0 Å². The van der Waals surface area contributed by atoms with Crippen LogP contribution in [0.3, 0.4) is 0 Å². The van der Waals surface area contributed by atoms with Crippen LogP contribution < -0.4 is 5.46 Å². The van der Waals surface area contributed by atoms with Crippen molar-refractivity contribution in [1.29, 1.82) is 0 Å². The molecule has 0 bridgehead atoms. The molecule has 9 heteroatoms. The minimum Gasteiger partial charge on any atom is -0.329 e. The lowest BCUT2D eigenvalue weighted by molar-refractivity contribution is -0.159. The molecule has 0 saturated heterocycles. The van der Waals surface area contributed by atoms with Gasteiger partial charge in [0.05, 0.1) is 0 Å². The first-order valence-electron chi connectivity index (χ1n) is 6.00. The molecular weight excluding hydrogens is 284 g/mol. The molecule has 0 amide bonds. The normalized spacial score (nSPS) is 11.6. The molecule has 0 aliphatic rings. The fourth-order valence-electron chi connectivity index (χ4n) is 1.80. The van der Waals surface area contributed by atoms with Gasteiger partial charge >= 0.3 is 12.1 Å². The number of hydrogen-bond donors (Lipinski definition) is 0. The summed E-state index contributed by atoms with van der Waals surface area (Å²) in [7, 11) is 0.577. The van der Waals surface area contributed by atoms with Gasteiger partial charge in [-0.15, -0.1) is 0 Å². The molecule has 0 saturated carbocycles. The highest BCUT2D eigenvalue weighted by Gasteiger charge is 2.38. The summed E-state index contributed by atoms with van der Waals surface area (Å²) < 4.78 is 43.1. The Bertz CT molecular complexity index is 722. The Morgan fingerprint density at radius 2 is 1.90 bits per heavy atom. The van der Waals surface area contributed by atoms with Crippen molar-refractivity contribution in [3.63, 3.8) is 0 Å². The van der Waals surface area contributed by atoms with E-state index in [1.54, 1.807) is 35.1 Å². The van der Waals surface area contributed by atoms with E-state index in [1.165, 1.54) is 0 Å². The summed E-state index contributed by atoms with van der Waals surface area (Å²) in [6.07, 6.45) is -1.14. The molecule has 2 aromatic heterocycles. The summed E-state index contributed by atoms with van der Waals surface area (Å²) in [4.78, 5) is 3.34. The maximum atomic E-state index is 12.4. The molecule has 0 aliphatic heterocycles. The number of halogens is 3. The van der Waals surface area contributed by atoms with Gasteiger partial charge < -0.3 is 9.12 Å². The molecule has 0 radical (unpaired) electrons. The quantitative estimate of drug-likeness (QED) is 0.686. The second-order valence-electron chi connectivity index (χ2n) is 4.32. The lowest BCUT2D eigenvalue weighted by Gasteiger charge is -2.00. The first-order valence-corrected chi connectivity index (χ1v) is 6.00. The van der Waals surface area contributed by atoms with Crippen molar-refractivity contribution in [3.8, 4) is 11.4 Å². The van der Waals surface area contributed by atoms with Crippen molar-refractivity contribution in [1.82, 2.24) is 19.8 Å². The van der Waals surface area contributed by atoms with Crippen LogP contribution >= 0.6 is 0 Å². The Morgan fingerprint density at radius 3 is 2.48 bits per heavy atom. The molecule has 0 spiro atoms. The smallest absolute Gasteiger partial charge is 0.329 e. The van der Waals surface area contributed by atoms with E-state index in [2.05, 4.69) is 19.8 Å². The fourth-order valence-corrected chi connectivity index (χ4v) is 1.80. The Balaban J connectivity index is 1.79. The minimum atomic E-state index is -4.63. The Kier molecular flexibility index (Phi) is 3.24. The molecular formula is C12H8BF3N4O. The number of alkyl halides is 3. The van der Waals surface area contributed by atoms with Crippen molar-refractivity contribution < 1.29 is 17.7 Å². The third-order valence-electron chi connectivity index (χ3n) is 2.78. The standard InChI is InChI=1S/C12H8BF3N4O/c14-12(15,16)11-18-10(19-21-11)8-2-4-9(5-3-8)13-20-7-1-6-17-20/h1-7,13H. The van der Waals surface area contributed by atoms with E-state index in [9.17, 15) is 13.2 Å². The van der Waals surface area contributed by atoms with Gasteiger partial charge in [0.1, 0.15) is 0 Å². The van der Waals surface area contributed by atoms with E-state index in [0.717, 1.165) is 5.46 Å². The molecule has 0 N–H and O–H groups in total. The highest BCUT2D eigenvalue weighted by Crippen LogP contribution is 2.29. The largest absolute Gasteiger partial charge is 0.471 e. The zero-order valence-electron chi connectivity index (χ0n) is 10.6. The van der Waals surface area contributed by atoms with Gasteiger partial charge in [0.25, 0.3) is 7.41 Å². The van der Waals surface area contributed by atoms with Crippen LogP contribution in [0.1, 0.15) is 5.89 Å². The first-order chi connectivity index (χ1) is 10.0. The molecule has 21 heavy (non-hydrogen) atoms. The van der Waals surface area contributed by atoms with E-state index in [0.29, 0.717) is 13.0 Å². The monoisotopic (exact) mass is 292 g/mol. The Labute approximate surface area is 117 Å². The topological polar surface area (TPSA) is 56.7 Å². The molecule has 1 aromatic carbocycles. The molecule has 0 atom stereocenters. The number of nitrogens with zero attached hydrogens (tertiary/aromatic N) is 4. The van der Waals surface area contributed by atoms with Crippen LogP contribution in [-0.2, 0) is 6.18 Å². The zero-order valence-corrected chi connectivity index (χ0v) is 10.6. The maximum absolute atomic E-state index is 12.4. The summed E-state index contributed by atoms with van der Waals surface area (Å²) in [5, 5.41) is 7.41. The second-order valence-corrected chi connectivity index (χ2v) is 4.32. The van der Waals surface area contributed by atoms with Crippen LogP contribution in [0, 0.1) is 0 Å². The molecule has 106 valence electrons. The number of hydrogen-bond acceptors (Lipinski definition) is 4. The van der Waals surface area contributed by atoms with Crippen molar-refractivity contribution in [3.05, 3.63) is 48.6 Å². The minimum absolute atomic E-state index is 0.0898. The Morgan fingerprint density at radius 1 is 1.14 bits per heavy atom. The second kappa shape index (κ2) is 5.08. The molecule has 3 rings (SSSR count). The summed E-state index contributed by atoms with van der Waals surface area (Å²) in [6.45, 7) is 0. The molecule has 2 heterocycles. The van der Waals surface area contributed by atoms with Crippen LogP contribution in [0.5, 0.6) is 0 Å². The maximum Gasteiger partial charge on any atom is 0.471 e. The van der Waals surface area contributed by atoms with Gasteiger partial charge in [0.15, 0.2) is 0 Å². The molecule has 5 nitrogen and oxygen atoms in total. The van der Waals surface area contributed by atoms with E-state index < -0.39 is 12.1 Å². The van der Waals surface area contributed by atoms with Crippen molar-refractivity contribution in [2.45, 2.75) is 6.18 Å². The number of benzene rings is 1. The summed E-state index contributed by atoms with van der Waals surface area (Å²) in [5.41, 5.74) is 1.42. The summed E-state index contributed by atoms with van der Waals surface area (Å²) in [6, 6.07) is 8.65. The van der Waals surface area contributed by atoms with E-state index in [1.807, 2.05) is 12.3 Å². The van der Waals surface area contributed by atoms with Gasteiger partial charge in [-0.1, -0.05) is 34.9 Å². The molecule has 0 fully saturated rings. The van der Waals surface area contributed by atoms with Gasteiger partial charge in [-0.25, -0.2) is 0 Å². The number of rotatable bonds is 3. The van der Waals surface area contributed by atoms with Crippen LogP contribution in [-0.4, -0.2) is 27.2 Å². The van der Waals surface area contributed by atoms with Crippen molar-refractivity contribution in [2.24, 2.45) is 0 Å².